The third kappa shape index (κ3) is 5.29. The molecule has 0 saturated carbocycles. The van der Waals surface area contributed by atoms with E-state index in [0.717, 1.165) is 18.4 Å². The zero-order valence-electron chi connectivity index (χ0n) is 11.0. The van der Waals surface area contributed by atoms with E-state index in [2.05, 4.69) is 0 Å². The molecule has 1 rings (SSSR count). The third-order valence-corrected chi connectivity index (χ3v) is 2.20. The Labute approximate surface area is 108 Å². The van der Waals surface area contributed by atoms with Crippen LogP contribution in [0.2, 0.25) is 0 Å². The zero-order chi connectivity index (χ0) is 13.2. The van der Waals surface area contributed by atoms with Crippen molar-refractivity contribution in [2.45, 2.75) is 33.3 Å². The number of esters is 1. The summed E-state index contributed by atoms with van der Waals surface area (Å²) in [4.78, 5) is 21.6. The van der Waals surface area contributed by atoms with Crippen LogP contribution in [-0.2, 0) is 21.1 Å². The molecule has 4 heteroatoms. The summed E-state index contributed by atoms with van der Waals surface area (Å²) in [5, 5.41) is 0. The first-order valence-electron chi connectivity index (χ1n) is 6.28. The second-order valence-electron chi connectivity index (χ2n) is 3.92. The van der Waals surface area contributed by atoms with Crippen molar-refractivity contribution in [1.29, 1.82) is 0 Å². The van der Waals surface area contributed by atoms with Crippen molar-refractivity contribution >= 4 is 5.97 Å². The second-order valence-corrected chi connectivity index (χ2v) is 3.92. The molecule has 0 aromatic heterocycles. The monoisotopic (exact) mass is 252 g/mol. The lowest BCUT2D eigenvalue weighted by atomic mass is 10.1. The van der Waals surface area contributed by atoms with Gasteiger partial charge in [-0.3, -0.25) is 0 Å². The molecule has 0 N–H and O–H groups in total. The van der Waals surface area contributed by atoms with Gasteiger partial charge in [0, 0.05) is 0 Å². The van der Waals surface area contributed by atoms with Crippen LogP contribution in [0.25, 0.3) is 0 Å². The lowest BCUT2D eigenvalue weighted by Crippen LogP contribution is -2.06. The van der Waals surface area contributed by atoms with Gasteiger partial charge in [-0.25, -0.2) is 14.6 Å². The molecule has 0 bridgehead atoms. The van der Waals surface area contributed by atoms with E-state index in [9.17, 15) is 4.79 Å². The summed E-state index contributed by atoms with van der Waals surface area (Å²) in [7, 11) is 0. The van der Waals surface area contributed by atoms with Crippen LogP contribution >= 0.6 is 0 Å². The van der Waals surface area contributed by atoms with Crippen LogP contribution in [0, 0.1) is 0 Å². The molecule has 0 unspecified atom stereocenters. The third-order valence-electron chi connectivity index (χ3n) is 2.20. The molecule has 0 fully saturated rings. The van der Waals surface area contributed by atoms with E-state index in [1.54, 1.807) is 18.2 Å². The first kappa shape index (κ1) is 14.7. The fraction of sp³-hybridized carbons (Fsp3) is 0.500. The summed E-state index contributed by atoms with van der Waals surface area (Å²) < 4.78 is 5.06. The average molecular weight is 252 g/mol. The summed E-state index contributed by atoms with van der Waals surface area (Å²) in [6, 6.07) is 7.18. The van der Waals surface area contributed by atoms with E-state index < -0.39 is 0 Å². The highest BCUT2D eigenvalue weighted by Crippen LogP contribution is 2.08. The predicted octanol–water partition coefficient (Wildman–Crippen LogP) is 3.11. The Morgan fingerprint density at radius 1 is 1.11 bits per heavy atom. The quantitative estimate of drug-likeness (QED) is 0.308. The normalized spacial score (nSPS) is 10.3. The van der Waals surface area contributed by atoms with Gasteiger partial charge in [-0.05, 0) is 30.5 Å². The number of rotatable bonds is 8. The highest BCUT2D eigenvalue weighted by Gasteiger charge is 2.07. The van der Waals surface area contributed by atoms with Crippen molar-refractivity contribution < 1.29 is 19.3 Å². The topological polar surface area (TPSA) is 44.8 Å². The number of carbonyl (C=O) groups excluding carboxylic acids is 1. The second kappa shape index (κ2) is 8.66. The van der Waals surface area contributed by atoms with Gasteiger partial charge in [0.1, 0.15) is 6.61 Å². The molecule has 0 spiro atoms. The molecule has 0 radical (unpaired) electrons. The Balaban J connectivity index is 2.48. The number of hydrogen-bond acceptors (Lipinski definition) is 4. The fourth-order valence-corrected chi connectivity index (χ4v) is 1.32. The van der Waals surface area contributed by atoms with Gasteiger partial charge < -0.3 is 4.74 Å². The molecular weight excluding hydrogens is 232 g/mol. The Morgan fingerprint density at radius 2 is 1.89 bits per heavy atom. The largest absolute Gasteiger partial charge is 0.462 e. The van der Waals surface area contributed by atoms with Crippen molar-refractivity contribution in [3.63, 3.8) is 0 Å². The van der Waals surface area contributed by atoms with Crippen LogP contribution in [0.4, 0.5) is 0 Å². The van der Waals surface area contributed by atoms with E-state index in [4.69, 9.17) is 14.5 Å². The van der Waals surface area contributed by atoms with Gasteiger partial charge >= 0.3 is 5.97 Å². The maximum atomic E-state index is 11.6. The molecule has 0 atom stereocenters. The maximum Gasteiger partial charge on any atom is 0.338 e. The molecule has 0 aliphatic rings. The van der Waals surface area contributed by atoms with E-state index in [-0.39, 0.29) is 5.97 Å². The predicted molar refractivity (Wildman–Crippen MR) is 68.0 cm³/mol. The summed E-state index contributed by atoms with van der Waals surface area (Å²) in [6.45, 7) is 5.31. The van der Waals surface area contributed by atoms with Gasteiger partial charge in [0.05, 0.1) is 18.8 Å². The van der Waals surface area contributed by atoms with E-state index in [1.165, 1.54) is 0 Å². The molecule has 0 heterocycles. The SMILES string of the molecule is CCCOOCc1cccc(C(=O)OCCC)c1. The molecule has 0 saturated heterocycles. The number of ether oxygens (including phenoxy) is 1. The summed E-state index contributed by atoms with van der Waals surface area (Å²) >= 11 is 0. The smallest absolute Gasteiger partial charge is 0.338 e. The van der Waals surface area contributed by atoms with Gasteiger partial charge in [0.25, 0.3) is 0 Å². The summed E-state index contributed by atoms with van der Waals surface area (Å²) in [5.41, 5.74) is 1.43. The van der Waals surface area contributed by atoms with Crippen LogP contribution < -0.4 is 0 Å². The van der Waals surface area contributed by atoms with Crippen LogP contribution in [0.3, 0.4) is 0 Å². The Hall–Kier alpha value is -1.39. The Morgan fingerprint density at radius 3 is 2.61 bits per heavy atom. The van der Waals surface area contributed by atoms with E-state index in [0.29, 0.717) is 25.4 Å². The molecule has 1 aromatic rings. The Bertz CT molecular complexity index is 363. The van der Waals surface area contributed by atoms with Gasteiger partial charge in [-0.15, -0.1) is 0 Å². The van der Waals surface area contributed by atoms with Gasteiger partial charge in [-0.1, -0.05) is 26.0 Å². The summed E-state index contributed by atoms with van der Waals surface area (Å²) in [5.74, 6) is -0.298. The molecule has 1 aromatic carbocycles. The lowest BCUT2D eigenvalue weighted by Gasteiger charge is -2.06. The maximum absolute atomic E-state index is 11.6. The zero-order valence-corrected chi connectivity index (χ0v) is 11.0. The molecular formula is C14H20O4. The van der Waals surface area contributed by atoms with Gasteiger partial charge in [0.2, 0.25) is 0 Å². The first-order valence-corrected chi connectivity index (χ1v) is 6.28. The highest BCUT2D eigenvalue weighted by atomic mass is 17.2. The summed E-state index contributed by atoms with van der Waals surface area (Å²) in [6.07, 6.45) is 1.72. The standard InChI is InChI=1S/C14H20O4/c1-3-8-16-14(15)13-7-5-6-12(10-13)11-18-17-9-4-2/h5-7,10H,3-4,8-9,11H2,1-2H3. The Kier molecular flexibility index (Phi) is 7.06. The van der Waals surface area contributed by atoms with Crippen molar-refractivity contribution in [1.82, 2.24) is 0 Å². The minimum absolute atomic E-state index is 0.298. The molecule has 0 aliphatic heterocycles. The number of hydrogen-bond donors (Lipinski definition) is 0. The molecule has 100 valence electrons. The average Bonchev–Trinajstić information content (AvgIpc) is 2.41. The minimum Gasteiger partial charge on any atom is -0.462 e. The minimum atomic E-state index is -0.298. The van der Waals surface area contributed by atoms with Crippen molar-refractivity contribution in [3.05, 3.63) is 35.4 Å². The van der Waals surface area contributed by atoms with Crippen LogP contribution in [-0.4, -0.2) is 19.2 Å². The van der Waals surface area contributed by atoms with Gasteiger partial charge in [0.15, 0.2) is 0 Å². The van der Waals surface area contributed by atoms with Crippen LogP contribution in [0.1, 0.15) is 42.6 Å². The molecule has 0 amide bonds. The van der Waals surface area contributed by atoms with Crippen molar-refractivity contribution in [2.75, 3.05) is 13.2 Å². The molecule has 18 heavy (non-hydrogen) atoms. The first-order chi connectivity index (χ1) is 8.77. The van der Waals surface area contributed by atoms with Gasteiger partial charge in [-0.2, -0.15) is 0 Å². The van der Waals surface area contributed by atoms with Crippen LogP contribution in [0.15, 0.2) is 24.3 Å². The number of carbonyl (C=O) groups is 1. The van der Waals surface area contributed by atoms with Crippen molar-refractivity contribution in [2.24, 2.45) is 0 Å². The lowest BCUT2D eigenvalue weighted by molar-refractivity contribution is -0.303. The fourth-order valence-electron chi connectivity index (χ4n) is 1.32. The molecule has 0 aliphatic carbocycles. The number of benzene rings is 1. The highest BCUT2D eigenvalue weighted by molar-refractivity contribution is 5.89. The van der Waals surface area contributed by atoms with Crippen LogP contribution in [0.5, 0.6) is 0 Å². The van der Waals surface area contributed by atoms with E-state index in [1.807, 2.05) is 19.9 Å². The van der Waals surface area contributed by atoms with E-state index >= 15 is 0 Å². The van der Waals surface area contributed by atoms with Crippen molar-refractivity contribution in [3.8, 4) is 0 Å². The molecule has 4 nitrogen and oxygen atoms in total.